The fourth-order valence-electron chi connectivity index (χ4n) is 10.0. The van der Waals surface area contributed by atoms with Crippen LogP contribution in [0.1, 0.15) is 178 Å². The zero-order valence-electron chi connectivity index (χ0n) is 48.2. The van der Waals surface area contributed by atoms with E-state index in [-0.39, 0.29) is 90.9 Å². The van der Waals surface area contributed by atoms with Gasteiger partial charge in [0.15, 0.2) is 12.6 Å². The molecule has 0 heterocycles. The zero-order valence-corrected chi connectivity index (χ0v) is 48.2. The van der Waals surface area contributed by atoms with Gasteiger partial charge in [0.2, 0.25) is 0 Å². The van der Waals surface area contributed by atoms with Gasteiger partial charge in [0.05, 0.1) is 56.0 Å². The standard InChI is InChI=1S/C62H84O20/c1-6-10-32-73-53(40-63)49-38-47(28-30-51(49)81-59(69)45-24-26-46(27-25-45)62(72-5)78-37-15-13-35-75-55(65)9-4)79-57(67)42-20-22-43(23-21-42)58(68)80-48-29-31-52(50(39-48)61(71)77-33-11-7-2)82-60(70)44-18-16-41(17-19-44)56(66)76-36-14-12-34-74-54(64)8-3/h9,28-31,38-46,53,62H,4,6-8,10-27,32-37H2,1-3,5H3. The SMILES string of the molecule is C=CC(=O)OCCCCOC(OC)C1CCC(C(=O)Oc2ccc(OC(=O)C3CCC(C(=O)Oc4ccc(OC(=O)C5CCC(C(=O)OCCCCOC(=O)CC)CC5)c(C(=O)OCCCC)c4)CC3)cc2C(C=O)OCCCC)CC1. The number of hydrogen-bond donors (Lipinski definition) is 0. The molecule has 0 aliphatic heterocycles. The molecule has 3 saturated carbocycles. The number of benzene rings is 2. The molecule has 3 fully saturated rings. The van der Waals surface area contributed by atoms with Crippen molar-refractivity contribution in [2.24, 2.45) is 35.5 Å². The topological polar surface area (TPSA) is 255 Å². The van der Waals surface area contributed by atoms with Gasteiger partial charge in [0, 0.05) is 44.3 Å². The van der Waals surface area contributed by atoms with E-state index in [0.717, 1.165) is 18.9 Å². The van der Waals surface area contributed by atoms with Crippen molar-refractivity contribution in [2.45, 2.75) is 168 Å². The number of esters is 8. The lowest BCUT2D eigenvalue weighted by atomic mass is 9.81. The van der Waals surface area contributed by atoms with E-state index in [1.807, 2.05) is 13.8 Å². The number of methoxy groups -OCH3 is 1. The predicted octanol–water partition coefficient (Wildman–Crippen LogP) is 10.2. The van der Waals surface area contributed by atoms with Crippen molar-refractivity contribution in [3.05, 3.63) is 60.2 Å². The maximum absolute atomic E-state index is 13.7. The molecule has 3 aliphatic carbocycles. The number of rotatable bonds is 34. The maximum Gasteiger partial charge on any atom is 0.342 e. The van der Waals surface area contributed by atoms with Gasteiger partial charge in [-0.05, 0) is 152 Å². The molecule has 0 amide bonds. The molecule has 0 radical (unpaired) electrons. The van der Waals surface area contributed by atoms with E-state index in [0.29, 0.717) is 135 Å². The van der Waals surface area contributed by atoms with Crippen LogP contribution in [0.25, 0.3) is 0 Å². The molecule has 0 spiro atoms. The fourth-order valence-corrected chi connectivity index (χ4v) is 10.0. The van der Waals surface area contributed by atoms with Gasteiger partial charge in [-0.25, -0.2) is 9.59 Å². The highest BCUT2D eigenvalue weighted by Crippen LogP contribution is 2.38. The minimum atomic E-state index is -1.11. The Labute approximate surface area is 481 Å². The average Bonchev–Trinajstić information content (AvgIpc) is 3.65. The van der Waals surface area contributed by atoms with E-state index in [1.54, 1.807) is 14.0 Å². The average molecular weight is 1150 g/mol. The van der Waals surface area contributed by atoms with E-state index in [1.165, 1.54) is 36.4 Å². The van der Waals surface area contributed by atoms with Crippen LogP contribution in [0.15, 0.2) is 49.1 Å². The Bertz CT molecular complexity index is 2410. The minimum absolute atomic E-state index is 0.0382. The number of ether oxygens (including phenoxy) is 11. The van der Waals surface area contributed by atoms with Gasteiger partial charge >= 0.3 is 47.8 Å². The van der Waals surface area contributed by atoms with Crippen molar-refractivity contribution < 1.29 is 95.3 Å². The van der Waals surface area contributed by atoms with Crippen molar-refractivity contribution >= 4 is 54.0 Å². The molecule has 2 aromatic rings. The van der Waals surface area contributed by atoms with Crippen LogP contribution in [0.2, 0.25) is 0 Å². The van der Waals surface area contributed by atoms with Crippen molar-refractivity contribution in [1.82, 2.24) is 0 Å². The molecular weight excluding hydrogens is 1060 g/mol. The lowest BCUT2D eigenvalue weighted by Crippen LogP contribution is -2.33. The van der Waals surface area contributed by atoms with E-state index in [4.69, 9.17) is 52.1 Å². The summed E-state index contributed by atoms with van der Waals surface area (Å²) in [5.41, 5.74) is 0.138. The lowest BCUT2D eigenvalue weighted by Gasteiger charge is -2.32. The van der Waals surface area contributed by atoms with Crippen LogP contribution >= 0.6 is 0 Å². The van der Waals surface area contributed by atoms with Crippen molar-refractivity contribution in [2.75, 3.05) is 46.8 Å². The molecule has 0 bridgehead atoms. The van der Waals surface area contributed by atoms with Crippen LogP contribution in [0.5, 0.6) is 23.0 Å². The fraction of sp³-hybridized carbons (Fsp3) is 0.629. The number of carbonyl (C=O) groups excluding carboxylic acids is 9. The Morgan fingerprint density at radius 1 is 0.512 bits per heavy atom. The number of hydrogen-bond acceptors (Lipinski definition) is 20. The van der Waals surface area contributed by atoms with Crippen LogP contribution in [0.4, 0.5) is 0 Å². The van der Waals surface area contributed by atoms with Gasteiger partial charge in [-0.1, -0.05) is 40.2 Å². The van der Waals surface area contributed by atoms with Crippen molar-refractivity contribution in [3.8, 4) is 23.0 Å². The largest absolute Gasteiger partial charge is 0.466 e. The Morgan fingerprint density at radius 3 is 1.50 bits per heavy atom. The van der Waals surface area contributed by atoms with E-state index >= 15 is 0 Å². The molecule has 0 aromatic heterocycles. The summed E-state index contributed by atoms with van der Waals surface area (Å²) >= 11 is 0. The third-order valence-corrected chi connectivity index (χ3v) is 15.0. The number of aldehydes is 1. The summed E-state index contributed by atoms with van der Waals surface area (Å²) in [4.78, 5) is 115. The first-order chi connectivity index (χ1) is 39.7. The Kier molecular flexibility index (Phi) is 29.2. The molecular formula is C62H84O20. The van der Waals surface area contributed by atoms with E-state index in [2.05, 4.69) is 6.58 Å². The summed E-state index contributed by atoms with van der Waals surface area (Å²) in [6, 6.07) is 8.58. The number of carbonyl (C=O) groups is 9. The molecule has 0 saturated heterocycles. The van der Waals surface area contributed by atoms with Gasteiger partial charge in [-0.2, -0.15) is 0 Å². The third kappa shape index (κ3) is 21.7. The van der Waals surface area contributed by atoms with Crippen LogP contribution in [-0.2, 0) is 71.5 Å². The van der Waals surface area contributed by atoms with Crippen molar-refractivity contribution in [1.29, 1.82) is 0 Å². The Hall–Kier alpha value is -6.51. The quantitative estimate of drug-likeness (QED) is 0.0120. The summed E-state index contributed by atoms with van der Waals surface area (Å²) < 4.78 is 61.9. The lowest BCUT2D eigenvalue weighted by molar-refractivity contribution is -0.167. The molecule has 20 nitrogen and oxygen atoms in total. The number of unbranched alkanes of at least 4 members (excludes halogenated alkanes) is 4. The summed E-state index contributed by atoms with van der Waals surface area (Å²) in [7, 11) is 1.58. The second-order valence-corrected chi connectivity index (χ2v) is 21.0. The van der Waals surface area contributed by atoms with Gasteiger partial charge in [-0.15, -0.1) is 0 Å². The first kappa shape index (κ1) is 66.3. The third-order valence-electron chi connectivity index (χ3n) is 15.0. The van der Waals surface area contributed by atoms with Gasteiger partial charge < -0.3 is 56.9 Å². The van der Waals surface area contributed by atoms with Gasteiger partial charge in [0.25, 0.3) is 0 Å². The molecule has 3 aliphatic rings. The van der Waals surface area contributed by atoms with Gasteiger partial charge in [-0.3, -0.25) is 28.8 Å². The molecule has 2 unspecified atom stereocenters. The highest BCUT2D eigenvalue weighted by Gasteiger charge is 2.36. The van der Waals surface area contributed by atoms with E-state index < -0.39 is 71.9 Å². The molecule has 0 N–H and O–H groups in total. The summed E-state index contributed by atoms with van der Waals surface area (Å²) in [6.45, 7) is 10.6. The molecule has 2 atom stereocenters. The second kappa shape index (κ2) is 36.2. The Morgan fingerprint density at radius 2 is 0.963 bits per heavy atom. The molecule has 82 heavy (non-hydrogen) atoms. The molecule has 452 valence electrons. The molecule has 5 rings (SSSR count). The highest BCUT2D eigenvalue weighted by molar-refractivity contribution is 5.94. The highest BCUT2D eigenvalue weighted by atomic mass is 16.7. The van der Waals surface area contributed by atoms with Crippen LogP contribution < -0.4 is 18.9 Å². The summed E-state index contributed by atoms with van der Waals surface area (Å²) in [6.07, 6.45) is 10.9. The summed E-state index contributed by atoms with van der Waals surface area (Å²) in [5.74, 6) is -6.17. The first-order valence-electron chi connectivity index (χ1n) is 29.4. The van der Waals surface area contributed by atoms with Crippen LogP contribution in [0, 0.1) is 35.5 Å². The normalized spacial score (nSPS) is 20.4. The predicted molar refractivity (Wildman–Crippen MR) is 295 cm³/mol. The van der Waals surface area contributed by atoms with Crippen LogP contribution in [0.3, 0.4) is 0 Å². The zero-order chi connectivity index (χ0) is 59.2. The monoisotopic (exact) mass is 1150 g/mol. The van der Waals surface area contributed by atoms with Gasteiger partial charge in [0.1, 0.15) is 34.7 Å². The maximum atomic E-state index is 13.7. The summed E-state index contributed by atoms with van der Waals surface area (Å²) in [5, 5.41) is 0. The second-order valence-electron chi connectivity index (χ2n) is 21.0. The van der Waals surface area contributed by atoms with Crippen molar-refractivity contribution in [3.63, 3.8) is 0 Å². The molecule has 20 heteroatoms. The molecule has 2 aromatic carbocycles. The first-order valence-corrected chi connectivity index (χ1v) is 29.4. The smallest absolute Gasteiger partial charge is 0.342 e. The Balaban J connectivity index is 1.13. The van der Waals surface area contributed by atoms with E-state index in [9.17, 15) is 43.2 Å². The van der Waals surface area contributed by atoms with Crippen LogP contribution in [-0.4, -0.2) is 107 Å². The minimum Gasteiger partial charge on any atom is -0.466 e.